The van der Waals surface area contributed by atoms with Gasteiger partial charge in [0.1, 0.15) is 5.75 Å². The zero-order valence-electron chi connectivity index (χ0n) is 11.0. The number of anilines is 1. The third-order valence-corrected chi connectivity index (χ3v) is 2.89. The molecule has 19 heavy (non-hydrogen) atoms. The number of thiocarbonyl (C=S) groups is 1. The van der Waals surface area contributed by atoms with Crippen molar-refractivity contribution in [2.45, 2.75) is 6.92 Å². The molecule has 2 rings (SSSR count). The minimum atomic E-state index is 0.589. The largest absolute Gasteiger partial charge is 0.494 e. The Hall–Kier alpha value is -1.37. The summed E-state index contributed by atoms with van der Waals surface area (Å²) in [6, 6.07) is 7.73. The van der Waals surface area contributed by atoms with Gasteiger partial charge in [-0.25, -0.2) is 5.01 Å². The van der Waals surface area contributed by atoms with Gasteiger partial charge in [-0.05, 0) is 43.4 Å². The summed E-state index contributed by atoms with van der Waals surface area (Å²) in [5.41, 5.74) is 4.09. The fraction of sp³-hybridized carbons (Fsp3) is 0.462. The molecule has 0 unspecified atom stereocenters. The average molecular weight is 281 g/mol. The number of hydrazine groups is 1. The molecule has 0 aliphatic carbocycles. The Morgan fingerprint density at radius 3 is 2.63 bits per heavy atom. The van der Waals surface area contributed by atoms with Crippen LogP contribution in [-0.2, 0) is 4.74 Å². The van der Waals surface area contributed by atoms with E-state index in [2.05, 4.69) is 10.7 Å². The van der Waals surface area contributed by atoms with Gasteiger partial charge in [0.05, 0.1) is 19.8 Å². The van der Waals surface area contributed by atoms with Gasteiger partial charge in [0.25, 0.3) is 0 Å². The average Bonchev–Trinajstić information content (AvgIpc) is 2.42. The summed E-state index contributed by atoms with van der Waals surface area (Å²) in [5, 5.41) is 5.78. The molecule has 104 valence electrons. The number of hydrogen-bond acceptors (Lipinski definition) is 4. The third-order valence-electron chi connectivity index (χ3n) is 2.69. The molecular formula is C13H19N3O2S. The van der Waals surface area contributed by atoms with Gasteiger partial charge in [0.15, 0.2) is 5.11 Å². The van der Waals surface area contributed by atoms with Crippen LogP contribution in [0.1, 0.15) is 6.92 Å². The summed E-state index contributed by atoms with van der Waals surface area (Å²) < 4.78 is 10.7. The van der Waals surface area contributed by atoms with E-state index < -0.39 is 0 Å². The van der Waals surface area contributed by atoms with Crippen LogP contribution in [0.5, 0.6) is 5.75 Å². The first-order valence-electron chi connectivity index (χ1n) is 6.41. The molecule has 0 amide bonds. The van der Waals surface area contributed by atoms with Crippen molar-refractivity contribution in [3.63, 3.8) is 0 Å². The first-order chi connectivity index (χ1) is 9.28. The number of morpholine rings is 1. The highest BCUT2D eigenvalue weighted by Gasteiger charge is 2.10. The Morgan fingerprint density at radius 2 is 2.00 bits per heavy atom. The molecule has 5 nitrogen and oxygen atoms in total. The van der Waals surface area contributed by atoms with Crippen LogP contribution in [0, 0.1) is 0 Å². The summed E-state index contributed by atoms with van der Waals surface area (Å²) in [6.07, 6.45) is 0. The standard InChI is InChI=1S/C13H19N3O2S/c1-2-18-12-5-3-11(4-6-12)14-13(19)15-16-7-9-17-10-8-16/h3-6H,2,7-10H2,1H3,(H2,14,15,19). The first kappa shape index (κ1) is 14.0. The maximum Gasteiger partial charge on any atom is 0.185 e. The Kier molecular flexibility index (Phi) is 5.38. The van der Waals surface area contributed by atoms with E-state index in [4.69, 9.17) is 21.7 Å². The number of rotatable bonds is 4. The lowest BCUT2D eigenvalue weighted by Gasteiger charge is -2.28. The summed E-state index contributed by atoms with van der Waals surface area (Å²) >= 11 is 5.26. The van der Waals surface area contributed by atoms with Crippen molar-refractivity contribution in [1.29, 1.82) is 0 Å². The molecule has 1 saturated heterocycles. The van der Waals surface area contributed by atoms with Crippen LogP contribution >= 0.6 is 12.2 Å². The van der Waals surface area contributed by atoms with Gasteiger partial charge in [-0.2, -0.15) is 0 Å². The van der Waals surface area contributed by atoms with Crippen LogP contribution in [0.4, 0.5) is 5.69 Å². The molecule has 0 aromatic heterocycles. The van der Waals surface area contributed by atoms with Crippen molar-refractivity contribution in [2.75, 3.05) is 38.2 Å². The van der Waals surface area contributed by atoms with E-state index in [0.717, 1.165) is 37.7 Å². The van der Waals surface area contributed by atoms with Crippen LogP contribution in [0.3, 0.4) is 0 Å². The van der Waals surface area contributed by atoms with Gasteiger partial charge in [0.2, 0.25) is 0 Å². The van der Waals surface area contributed by atoms with Crippen molar-refractivity contribution < 1.29 is 9.47 Å². The number of nitrogens with one attached hydrogen (secondary N) is 2. The van der Waals surface area contributed by atoms with E-state index in [0.29, 0.717) is 11.7 Å². The van der Waals surface area contributed by atoms with Crippen molar-refractivity contribution in [3.05, 3.63) is 24.3 Å². The molecule has 0 atom stereocenters. The maximum atomic E-state index is 5.39. The van der Waals surface area contributed by atoms with Crippen molar-refractivity contribution >= 4 is 23.0 Å². The van der Waals surface area contributed by atoms with Gasteiger partial charge in [0, 0.05) is 18.8 Å². The Bertz CT molecular complexity index is 405. The second-order valence-corrected chi connectivity index (χ2v) is 4.53. The summed E-state index contributed by atoms with van der Waals surface area (Å²) in [6.45, 7) is 5.78. The summed E-state index contributed by atoms with van der Waals surface area (Å²) in [7, 11) is 0. The van der Waals surface area contributed by atoms with E-state index in [-0.39, 0.29) is 0 Å². The van der Waals surface area contributed by atoms with Gasteiger partial charge >= 0.3 is 0 Å². The van der Waals surface area contributed by atoms with E-state index in [1.807, 2.05) is 36.2 Å². The molecule has 1 heterocycles. The first-order valence-corrected chi connectivity index (χ1v) is 6.82. The van der Waals surface area contributed by atoms with Crippen LogP contribution in [0.15, 0.2) is 24.3 Å². The highest BCUT2D eigenvalue weighted by Crippen LogP contribution is 2.15. The van der Waals surface area contributed by atoms with Crippen LogP contribution in [0.2, 0.25) is 0 Å². The molecule has 0 radical (unpaired) electrons. The van der Waals surface area contributed by atoms with Crippen molar-refractivity contribution in [3.8, 4) is 5.75 Å². The molecule has 2 N–H and O–H groups in total. The Balaban J connectivity index is 1.80. The third kappa shape index (κ3) is 4.66. The number of nitrogens with zero attached hydrogens (tertiary/aromatic N) is 1. The lowest BCUT2D eigenvalue weighted by molar-refractivity contribution is 0.0252. The molecule has 1 aromatic carbocycles. The van der Waals surface area contributed by atoms with Crippen molar-refractivity contribution in [1.82, 2.24) is 10.4 Å². The molecule has 0 bridgehead atoms. The lowest BCUT2D eigenvalue weighted by atomic mass is 10.3. The van der Waals surface area contributed by atoms with E-state index in [9.17, 15) is 0 Å². The van der Waals surface area contributed by atoms with Crippen LogP contribution < -0.4 is 15.5 Å². The minimum absolute atomic E-state index is 0.589. The normalized spacial score (nSPS) is 15.8. The molecule has 1 aromatic rings. The second kappa shape index (κ2) is 7.28. The van der Waals surface area contributed by atoms with Gasteiger partial charge in [-0.15, -0.1) is 0 Å². The smallest absolute Gasteiger partial charge is 0.185 e. The predicted molar refractivity (Wildman–Crippen MR) is 79.4 cm³/mol. The van der Waals surface area contributed by atoms with Gasteiger partial charge in [-0.3, -0.25) is 5.43 Å². The monoisotopic (exact) mass is 281 g/mol. The van der Waals surface area contributed by atoms with Crippen LogP contribution in [-0.4, -0.2) is 43.0 Å². The highest BCUT2D eigenvalue weighted by molar-refractivity contribution is 7.80. The SMILES string of the molecule is CCOc1ccc(NC(=S)NN2CCOCC2)cc1. The highest BCUT2D eigenvalue weighted by atomic mass is 32.1. The predicted octanol–water partition coefficient (Wildman–Crippen LogP) is 1.62. The topological polar surface area (TPSA) is 45.8 Å². The fourth-order valence-electron chi connectivity index (χ4n) is 1.78. The van der Waals surface area contributed by atoms with Gasteiger partial charge in [-0.1, -0.05) is 0 Å². The summed E-state index contributed by atoms with van der Waals surface area (Å²) in [5.74, 6) is 0.861. The Morgan fingerprint density at radius 1 is 1.32 bits per heavy atom. The zero-order chi connectivity index (χ0) is 13.5. The van der Waals surface area contributed by atoms with E-state index in [1.54, 1.807) is 0 Å². The van der Waals surface area contributed by atoms with Gasteiger partial charge < -0.3 is 14.8 Å². The van der Waals surface area contributed by atoms with E-state index in [1.165, 1.54) is 0 Å². The molecule has 0 saturated carbocycles. The van der Waals surface area contributed by atoms with Crippen LogP contribution in [0.25, 0.3) is 0 Å². The molecule has 1 fully saturated rings. The second-order valence-electron chi connectivity index (χ2n) is 4.12. The quantitative estimate of drug-likeness (QED) is 0.818. The zero-order valence-corrected chi connectivity index (χ0v) is 11.8. The number of ether oxygens (including phenoxy) is 2. The fourth-order valence-corrected chi connectivity index (χ4v) is 2.03. The van der Waals surface area contributed by atoms with Crippen molar-refractivity contribution in [2.24, 2.45) is 0 Å². The Labute approximate surface area is 118 Å². The molecule has 0 spiro atoms. The molecule has 6 heteroatoms. The number of hydrogen-bond donors (Lipinski definition) is 2. The summed E-state index contributed by atoms with van der Waals surface area (Å²) in [4.78, 5) is 0. The lowest BCUT2D eigenvalue weighted by Crippen LogP contribution is -2.49. The molecule has 1 aliphatic rings. The number of benzene rings is 1. The van der Waals surface area contributed by atoms with E-state index >= 15 is 0 Å². The minimum Gasteiger partial charge on any atom is -0.494 e. The maximum absolute atomic E-state index is 5.39. The molecule has 1 aliphatic heterocycles. The molecular weight excluding hydrogens is 262 g/mol.